The largest absolute Gasteiger partial charge is 0.416 e. The molecule has 0 bridgehead atoms. The van der Waals surface area contributed by atoms with E-state index in [-0.39, 0.29) is 28.9 Å². The summed E-state index contributed by atoms with van der Waals surface area (Å²) >= 11 is 5.73. The van der Waals surface area contributed by atoms with Crippen molar-refractivity contribution in [1.82, 2.24) is 15.5 Å². The molecule has 6 nitrogen and oxygen atoms in total. The monoisotopic (exact) mass is 489 g/mol. The zero-order valence-corrected chi connectivity index (χ0v) is 17.1. The molecule has 0 unspecified atom stereocenters. The quantitative estimate of drug-likeness (QED) is 0.249. The Balaban J connectivity index is 1.83. The van der Waals surface area contributed by atoms with E-state index in [1.807, 2.05) is 0 Å². The van der Waals surface area contributed by atoms with Crippen molar-refractivity contribution < 1.29 is 31.1 Å². The van der Waals surface area contributed by atoms with Crippen molar-refractivity contribution in [3.63, 3.8) is 0 Å². The number of aromatic amines is 1. The Morgan fingerprint density at radius 3 is 2.39 bits per heavy atom. The normalized spacial score (nSPS) is 12.2. The molecular formula is C20H14ClF6N5O. The molecule has 1 aromatic heterocycles. The van der Waals surface area contributed by atoms with E-state index in [4.69, 9.17) is 11.6 Å². The number of benzene rings is 2. The Labute approximate surface area is 187 Å². The Kier molecular flexibility index (Phi) is 7.26. The van der Waals surface area contributed by atoms with E-state index in [0.717, 1.165) is 36.4 Å². The average Bonchev–Trinajstić information content (AvgIpc) is 3.22. The summed E-state index contributed by atoms with van der Waals surface area (Å²) in [4.78, 5) is 16.2. The molecule has 3 rings (SSSR count). The number of rotatable bonds is 5. The third-order valence-corrected chi connectivity index (χ3v) is 4.49. The number of guanidine groups is 1. The van der Waals surface area contributed by atoms with Gasteiger partial charge < -0.3 is 10.6 Å². The second kappa shape index (κ2) is 9.94. The van der Waals surface area contributed by atoms with E-state index in [1.54, 1.807) is 0 Å². The van der Waals surface area contributed by atoms with Crippen LogP contribution in [-0.2, 0) is 12.7 Å². The number of amides is 1. The van der Waals surface area contributed by atoms with Crippen LogP contribution in [0.3, 0.4) is 0 Å². The third kappa shape index (κ3) is 6.48. The number of hydrogen-bond donors (Lipinski definition) is 3. The minimum atomic E-state index is -4.57. The Hall–Kier alpha value is -3.54. The maximum absolute atomic E-state index is 13.3. The fourth-order valence-electron chi connectivity index (χ4n) is 2.55. The van der Waals surface area contributed by atoms with Crippen LogP contribution in [0, 0.1) is 5.82 Å². The molecule has 13 heteroatoms. The van der Waals surface area contributed by atoms with Gasteiger partial charge in [0.2, 0.25) is 5.96 Å². The minimum absolute atomic E-state index is 0.0156. The van der Waals surface area contributed by atoms with Crippen molar-refractivity contribution in [2.75, 3.05) is 5.32 Å². The van der Waals surface area contributed by atoms with E-state index in [1.165, 1.54) is 12.1 Å². The van der Waals surface area contributed by atoms with Gasteiger partial charge in [0.15, 0.2) is 5.82 Å². The van der Waals surface area contributed by atoms with Crippen LogP contribution in [0.2, 0.25) is 5.02 Å². The highest BCUT2D eigenvalue weighted by molar-refractivity contribution is 6.30. The van der Waals surface area contributed by atoms with E-state index >= 15 is 0 Å². The molecule has 1 amide bonds. The first-order valence-corrected chi connectivity index (χ1v) is 9.49. The molecule has 0 radical (unpaired) electrons. The highest BCUT2D eigenvalue weighted by Gasteiger charge is 2.30. The van der Waals surface area contributed by atoms with Crippen LogP contribution in [0.1, 0.15) is 33.6 Å². The topological polar surface area (TPSA) is 82.2 Å². The van der Waals surface area contributed by atoms with Gasteiger partial charge in [-0.15, -0.1) is 0 Å². The number of H-pyrrole nitrogens is 1. The Morgan fingerprint density at radius 2 is 1.82 bits per heavy atom. The van der Waals surface area contributed by atoms with Crippen LogP contribution in [0.15, 0.2) is 53.5 Å². The number of carbonyl (C=O) groups excluding carboxylic acids is 1. The van der Waals surface area contributed by atoms with E-state index in [0.29, 0.717) is 5.56 Å². The summed E-state index contributed by atoms with van der Waals surface area (Å²) in [7, 11) is 0. The van der Waals surface area contributed by atoms with Gasteiger partial charge in [-0.05, 0) is 42.0 Å². The Bertz CT molecular complexity index is 1160. The number of hydrogen-bond acceptors (Lipinski definition) is 2. The first-order valence-electron chi connectivity index (χ1n) is 9.11. The summed E-state index contributed by atoms with van der Waals surface area (Å²) < 4.78 is 77.1. The summed E-state index contributed by atoms with van der Waals surface area (Å²) in [6, 6.07) is 8.21. The number of nitrogens with one attached hydrogen (secondary N) is 3. The predicted octanol–water partition coefficient (Wildman–Crippen LogP) is 5.56. The summed E-state index contributed by atoms with van der Waals surface area (Å²) in [5.41, 5.74) is -1.09. The molecule has 174 valence electrons. The van der Waals surface area contributed by atoms with Crippen LogP contribution >= 0.6 is 11.6 Å². The molecule has 0 spiro atoms. The van der Waals surface area contributed by atoms with Crippen LogP contribution in [0.25, 0.3) is 0 Å². The first kappa shape index (κ1) is 24.1. The molecule has 0 saturated carbocycles. The number of anilines is 1. The lowest BCUT2D eigenvalue weighted by Gasteiger charge is -2.11. The molecule has 0 aliphatic rings. The van der Waals surface area contributed by atoms with Crippen LogP contribution < -0.4 is 10.6 Å². The fourth-order valence-corrected chi connectivity index (χ4v) is 2.75. The van der Waals surface area contributed by atoms with Crippen molar-refractivity contribution in [2.24, 2.45) is 4.99 Å². The lowest BCUT2D eigenvalue weighted by Crippen LogP contribution is -2.31. The maximum atomic E-state index is 13.3. The number of nitrogens with zero attached hydrogens (tertiary/aromatic N) is 2. The Morgan fingerprint density at radius 1 is 1.12 bits per heavy atom. The molecule has 33 heavy (non-hydrogen) atoms. The van der Waals surface area contributed by atoms with E-state index < -0.39 is 35.6 Å². The van der Waals surface area contributed by atoms with Crippen molar-refractivity contribution in [1.29, 1.82) is 0 Å². The van der Waals surface area contributed by atoms with Crippen LogP contribution in [-0.4, -0.2) is 22.1 Å². The second-order valence-corrected chi connectivity index (χ2v) is 6.98. The van der Waals surface area contributed by atoms with Crippen LogP contribution in [0.5, 0.6) is 0 Å². The molecular weight excluding hydrogens is 476 g/mol. The lowest BCUT2D eigenvalue weighted by atomic mass is 10.1. The van der Waals surface area contributed by atoms with Gasteiger partial charge in [0.25, 0.3) is 12.3 Å². The zero-order valence-electron chi connectivity index (χ0n) is 16.4. The molecule has 0 fully saturated rings. The van der Waals surface area contributed by atoms with Gasteiger partial charge >= 0.3 is 6.18 Å². The van der Waals surface area contributed by atoms with Crippen molar-refractivity contribution >= 4 is 29.3 Å². The van der Waals surface area contributed by atoms with E-state index in [9.17, 15) is 31.1 Å². The van der Waals surface area contributed by atoms with Gasteiger partial charge in [0.05, 0.1) is 10.6 Å². The second-order valence-electron chi connectivity index (χ2n) is 6.58. The summed E-state index contributed by atoms with van der Waals surface area (Å²) in [5, 5.41) is 10.9. The van der Waals surface area contributed by atoms with Gasteiger partial charge in [-0.3, -0.25) is 9.89 Å². The van der Waals surface area contributed by atoms with Gasteiger partial charge in [0, 0.05) is 18.2 Å². The first-order chi connectivity index (χ1) is 15.5. The molecule has 1 heterocycles. The molecule has 0 aliphatic heterocycles. The van der Waals surface area contributed by atoms with Gasteiger partial charge in [-0.1, -0.05) is 17.7 Å². The lowest BCUT2D eigenvalue weighted by molar-refractivity contribution is -0.137. The van der Waals surface area contributed by atoms with Crippen LogP contribution in [0.4, 0.5) is 32.2 Å². The fraction of sp³-hybridized carbons (Fsp3) is 0.150. The van der Waals surface area contributed by atoms with Crippen molar-refractivity contribution in [3.8, 4) is 0 Å². The zero-order chi connectivity index (χ0) is 24.2. The molecule has 0 aliphatic carbocycles. The highest BCUT2D eigenvalue weighted by atomic mass is 35.5. The predicted molar refractivity (Wildman–Crippen MR) is 109 cm³/mol. The molecule has 3 aromatic rings. The van der Waals surface area contributed by atoms with Crippen molar-refractivity contribution in [2.45, 2.75) is 19.1 Å². The van der Waals surface area contributed by atoms with Crippen molar-refractivity contribution in [3.05, 3.63) is 81.8 Å². The smallest absolute Gasteiger partial charge is 0.352 e. The van der Waals surface area contributed by atoms with Gasteiger partial charge in [0.1, 0.15) is 11.5 Å². The number of halogens is 7. The summed E-state index contributed by atoms with van der Waals surface area (Å²) in [6.07, 6.45) is -7.39. The maximum Gasteiger partial charge on any atom is 0.416 e. The van der Waals surface area contributed by atoms with E-state index in [2.05, 4.69) is 25.8 Å². The third-order valence-electron chi connectivity index (χ3n) is 4.20. The molecule has 2 aromatic carbocycles. The molecule has 0 saturated heterocycles. The summed E-state index contributed by atoms with van der Waals surface area (Å²) in [5.74, 6) is -1.90. The summed E-state index contributed by atoms with van der Waals surface area (Å²) in [6.45, 7) is -0.0156. The highest BCUT2D eigenvalue weighted by Crippen LogP contribution is 2.29. The average molecular weight is 490 g/mol. The number of aliphatic imine (C=N–C) groups is 1. The number of carbonyl (C=O) groups is 1. The van der Waals surface area contributed by atoms with Gasteiger partial charge in [-0.25, -0.2) is 13.2 Å². The van der Waals surface area contributed by atoms with Gasteiger partial charge in [-0.2, -0.15) is 23.3 Å². The molecule has 0 atom stereocenters. The standard InChI is InChI=1S/C20H14ClF6N5O/c21-13-7-10(1-6-14(13)22)9-28-19(29-16-8-15(17(23)24)31-32-16)30-18(33)11-2-4-12(5-3-11)20(25,26)27/h1-8,17H,9H2,(H3,28,29,30,31,32,33). The number of alkyl halides is 5. The molecule has 3 N–H and O–H groups in total. The minimum Gasteiger partial charge on any atom is -0.352 e. The number of aromatic nitrogens is 2. The SMILES string of the molecule is O=C(/N=C(/NCc1ccc(F)c(Cl)c1)Nc1cc(C(F)F)[nH]n1)c1ccc(C(F)(F)F)cc1.